The van der Waals surface area contributed by atoms with Crippen molar-refractivity contribution in [2.24, 2.45) is 5.73 Å². The number of hydrogen-bond donors (Lipinski definition) is 1. The second-order valence-electron chi connectivity index (χ2n) is 4.69. The van der Waals surface area contributed by atoms with E-state index in [0.29, 0.717) is 31.3 Å². The molecule has 0 unspecified atom stereocenters. The number of rotatable bonds is 7. The van der Waals surface area contributed by atoms with Gasteiger partial charge in [-0.3, -0.25) is 4.90 Å². The molecule has 3 nitrogen and oxygen atoms in total. The van der Waals surface area contributed by atoms with E-state index >= 15 is 0 Å². The fraction of sp³-hybridized carbons (Fsp3) is 0.571. The number of methoxy groups -OCH3 is 1. The third-order valence-corrected chi connectivity index (χ3v) is 3.03. The molecule has 0 radical (unpaired) electrons. The summed E-state index contributed by atoms with van der Waals surface area (Å²) in [5.41, 5.74) is 7.24. The number of nitrogens with zero attached hydrogens (tertiary/aromatic N) is 1. The van der Waals surface area contributed by atoms with Crippen molar-refractivity contribution >= 4 is 0 Å². The third kappa shape index (κ3) is 4.37. The second-order valence-corrected chi connectivity index (χ2v) is 4.69. The summed E-state index contributed by atoms with van der Waals surface area (Å²) < 4.78 is 18.8. The van der Waals surface area contributed by atoms with Crippen molar-refractivity contribution in [1.82, 2.24) is 4.90 Å². The predicted octanol–water partition coefficient (Wildman–Crippen LogP) is 2.14. The maximum absolute atomic E-state index is 13.8. The summed E-state index contributed by atoms with van der Waals surface area (Å²) in [6, 6.07) is 5.42. The predicted molar refractivity (Wildman–Crippen MR) is 71.7 cm³/mol. The summed E-state index contributed by atoms with van der Waals surface area (Å²) in [6.45, 7) is 6.66. The highest BCUT2D eigenvalue weighted by atomic mass is 19.1. The van der Waals surface area contributed by atoms with Crippen molar-refractivity contribution in [2.45, 2.75) is 33.0 Å². The molecule has 0 bridgehead atoms. The lowest BCUT2D eigenvalue weighted by atomic mass is 10.1. The molecule has 0 amide bonds. The zero-order valence-electron chi connectivity index (χ0n) is 11.4. The Hall–Kier alpha value is -0.970. The molecule has 0 saturated heterocycles. The highest BCUT2D eigenvalue weighted by Gasteiger charge is 2.12. The van der Waals surface area contributed by atoms with E-state index in [2.05, 4.69) is 18.7 Å². The highest BCUT2D eigenvalue weighted by molar-refractivity contribution is 5.25. The lowest BCUT2D eigenvalue weighted by molar-refractivity contribution is 0.124. The van der Waals surface area contributed by atoms with Crippen LogP contribution in [0.15, 0.2) is 18.2 Å². The van der Waals surface area contributed by atoms with Crippen LogP contribution in [0.2, 0.25) is 0 Å². The van der Waals surface area contributed by atoms with Gasteiger partial charge in [-0.1, -0.05) is 12.1 Å². The molecule has 18 heavy (non-hydrogen) atoms. The monoisotopic (exact) mass is 254 g/mol. The fourth-order valence-electron chi connectivity index (χ4n) is 1.82. The average molecular weight is 254 g/mol. The topological polar surface area (TPSA) is 38.5 Å². The van der Waals surface area contributed by atoms with Crippen LogP contribution in [0.4, 0.5) is 4.39 Å². The highest BCUT2D eigenvalue weighted by Crippen LogP contribution is 2.14. The standard InChI is InChI=1S/C14H23FN2O/c1-11(2)17(6-7-18-3)10-13-8-12(9-16)4-5-14(13)15/h4-5,8,11H,6-7,9-10,16H2,1-3H3. The summed E-state index contributed by atoms with van der Waals surface area (Å²) in [4.78, 5) is 2.18. The first kappa shape index (κ1) is 15.1. The molecule has 0 aliphatic carbocycles. The lowest BCUT2D eigenvalue weighted by Crippen LogP contribution is -2.33. The molecule has 2 N–H and O–H groups in total. The van der Waals surface area contributed by atoms with Gasteiger partial charge in [-0.2, -0.15) is 0 Å². The van der Waals surface area contributed by atoms with Gasteiger partial charge in [0.2, 0.25) is 0 Å². The molecule has 0 fully saturated rings. The van der Waals surface area contributed by atoms with E-state index in [4.69, 9.17) is 10.5 Å². The van der Waals surface area contributed by atoms with Gasteiger partial charge in [0.25, 0.3) is 0 Å². The smallest absolute Gasteiger partial charge is 0.127 e. The Bertz CT molecular complexity index is 369. The SMILES string of the molecule is COCCN(Cc1cc(CN)ccc1F)C(C)C. The Balaban J connectivity index is 2.78. The largest absolute Gasteiger partial charge is 0.383 e. The lowest BCUT2D eigenvalue weighted by Gasteiger charge is -2.26. The minimum atomic E-state index is -0.171. The molecule has 0 saturated carbocycles. The van der Waals surface area contributed by atoms with Gasteiger partial charge >= 0.3 is 0 Å². The van der Waals surface area contributed by atoms with E-state index in [1.165, 1.54) is 6.07 Å². The van der Waals surface area contributed by atoms with Gasteiger partial charge in [0.15, 0.2) is 0 Å². The molecular formula is C14H23FN2O. The number of ether oxygens (including phenoxy) is 1. The molecule has 1 rings (SSSR count). The molecular weight excluding hydrogens is 231 g/mol. The van der Waals surface area contributed by atoms with Crippen LogP contribution in [0.25, 0.3) is 0 Å². The summed E-state index contributed by atoms with van der Waals surface area (Å²) in [7, 11) is 1.67. The molecule has 1 aromatic rings. The Morgan fingerprint density at radius 3 is 2.67 bits per heavy atom. The van der Waals surface area contributed by atoms with Gasteiger partial charge < -0.3 is 10.5 Å². The first-order valence-electron chi connectivity index (χ1n) is 6.28. The van der Waals surface area contributed by atoms with Gasteiger partial charge in [0.05, 0.1) is 6.61 Å². The number of benzene rings is 1. The Kier molecular flexibility index (Phi) is 6.25. The van der Waals surface area contributed by atoms with Crippen LogP contribution in [0.5, 0.6) is 0 Å². The molecule has 0 atom stereocenters. The first-order chi connectivity index (χ1) is 8.58. The normalized spacial score (nSPS) is 11.5. The molecule has 4 heteroatoms. The summed E-state index contributed by atoms with van der Waals surface area (Å²) in [6.07, 6.45) is 0. The Morgan fingerprint density at radius 2 is 2.11 bits per heavy atom. The van der Waals surface area contributed by atoms with Crippen LogP contribution in [-0.4, -0.2) is 31.2 Å². The van der Waals surface area contributed by atoms with Crippen molar-refractivity contribution in [2.75, 3.05) is 20.3 Å². The van der Waals surface area contributed by atoms with Crippen LogP contribution in [-0.2, 0) is 17.8 Å². The fourth-order valence-corrected chi connectivity index (χ4v) is 1.82. The molecule has 0 spiro atoms. The second kappa shape index (κ2) is 7.46. The van der Waals surface area contributed by atoms with Gasteiger partial charge in [-0.05, 0) is 25.5 Å². The van der Waals surface area contributed by atoms with Crippen LogP contribution in [0.1, 0.15) is 25.0 Å². The van der Waals surface area contributed by atoms with Gasteiger partial charge in [0, 0.05) is 38.3 Å². The first-order valence-corrected chi connectivity index (χ1v) is 6.28. The van der Waals surface area contributed by atoms with Gasteiger partial charge in [-0.25, -0.2) is 4.39 Å². The van der Waals surface area contributed by atoms with Crippen LogP contribution < -0.4 is 5.73 Å². The molecule has 0 aliphatic rings. The van der Waals surface area contributed by atoms with E-state index in [-0.39, 0.29) is 5.82 Å². The minimum Gasteiger partial charge on any atom is -0.383 e. The van der Waals surface area contributed by atoms with Crippen molar-refractivity contribution in [3.63, 3.8) is 0 Å². The van der Waals surface area contributed by atoms with Crippen LogP contribution in [0, 0.1) is 5.82 Å². The van der Waals surface area contributed by atoms with Gasteiger partial charge in [0.1, 0.15) is 5.82 Å². The Labute approximate surface area is 109 Å². The van der Waals surface area contributed by atoms with Crippen molar-refractivity contribution < 1.29 is 9.13 Å². The van der Waals surface area contributed by atoms with E-state index in [9.17, 15) is 4.39 Å². The summed E-state index contributed by atoms with van der Waals surface area (Å²) >= 11 is 0. The van der Waals surface area contributed by atoms with E-state index < -0.39 is 0 Å². The maximum atomic E-state index is 13.8. The molecule has 0 aromatic heterocycles. The van der Waals surface area contributed by atoms with E-state index in [1.807, 2.05) is 6.07 Å². The number of halogens is 1. The number of hydrogen-bond acceptors (Lipinski definition) is 3. The quantitative estimate of drug-likeness (QED) is 0.810. The molecule has 0 heterocycles. The van der Waals surface area contributed by atoms with Crippen molar-refractivity contribution in [3.8, 4) is 0 Å². The molecule has 1 aromatic carbocycles. The maximum Gasteiger partial charge on any atom is 0.127 e. The van der Waals surface area contributed by atoms with Crippen LogP contribution in [0.3, 0.4) is 0 Å². The minimum absolute atomic E-state index is 0.171. The Morgan fingerprint density at radius 1 is 1.39 bits per heavy atom. The van der Waals surface area contributed by atoms with Crippen molar-refractivity contribution in [1.29, 1.82) is 0 Å². The zero-order valence-corrected chi connectivity index (χ0v) is 11.4. The average Bonchev–Trinajstić information content (AvgIpc) is 2.36. The van der Waals surface area contributed by atoms with E-state index in [1.54, 1.807) is 13.2 Å². The zero-order chi connectivity index (χ0) is 13.5. The van der Waals surface area contributed by atoms with Crippen LogP contribution >= 0.6 is 0 Å². The molecule has 102 valence electrons. The molecule has 0 aliphatic heterocycles. The summed E-state index contributed by atoms with van der Waals surface area (Å²) in [5, 5.41) is 0. The van der Waals surface area contributed by atoms with Crippen molar-refractivity contribution in [3.05, 3.63) is 35.1 Å². The third-order valence-electron chi connectivity index (χ3n) is 3.03. The van der Waals surface area contributed by atoms with E-state index in [0.717, 1.165) is 12.1 Å². The summed E-state index contributed by atoms with van der Waals surface area (Å²) in [5.74, 6) is -0.171. The van der Waals surface area contributed by atoms with Gasteiger partial charge in [-0.15, -0.1) is 0 Å². The number of nitrogens with two attached hydrogens (primary N) is 1.